The molecule has 0 aliphatic heterocycles. The third kappa shape index (κ3) is 4.08. The molecule has 0 aliphatic rings. The molecule has 2 N–H and O–H groups in total. The lowest BCUT2D eigenvalue weighted by Crippen LogP contribution is -2.34. The predicted molar refractivity (Wildman–Crippen MR) is 92.2 cm³/mol. The molecule has 0 spiro atoms. The van der Waals surface area contributed by atoms with Crippen molar-refractivity contribution in [3.8, 4) is 0 Å². The van der Waals surface area contributed by atoms with E-state index in [9.17, 15) is 0 Å². The first kappa shape index (κ1) is 15.5. The van der Waals surface area contributed by atoms with Crippen molar-refractivity contribution in [2.45, 2.75) is 25.8 Å². The number of thiophene rings is 1. The standard InChI is InChI=1S/C16H21BrN2S/c1-16(2,12-4-6-14(18)7-5-12)11-19(3)9-15-8-13(17)10-20-15/h4-8,10H,9,11,18H2,1-3H3. The summed E-state index contributed by atoms with van der Waals surface area (Å²) in [6.45, 7) is 6.54. The molecule has 2 nitrogen and oxygen atoms in total. The van der Waals surface area contributed by atoms with Crippen molar-refractivity contribution >= 4 is 33.0 Å². The second-order valence-electron chi connectivity index (χ2n) is 5.91. The summed E-state index contributed by atoms with van der Waals surface area (Å²) in [5.74, 6) is 0. The van der Waals surface area contributed by atoms with Gasteiger partial charge < -0.3 is 10.6 Å². The molecule has 0 saturated heterocycles. The first-order chi connectivity index (χ1) is 9.37. The Morgan fingerprint density at radius 3 is 2.45 bits per heavy atom. The second kappa shape index (κ2) is 6.29. The van der Waals surface area contributed by atoms with Crippen LogP contribution in [0, 0.1) is 0 Å². The molecule has 0 saturated carbocycles. The van der Waals surface area contributed by atoms with Crippen molar-refractivity contribution < 1.29 is 0 Å². The van der Waals surface area contributed by atoms with Crippen LogP contribution in [-0.4, -0.2) is 18.5 Å². The maximum Gasteiger partial charge on any atom is 0.0325 e. The minimum absolute atomic E-state index is 0.108. The Morgan fingerprint density at radius 2 is 1.90 bits per heavy atom. The predicted octanol–water partition coefficient (Wildman–Crippen LogP) is 4.50. The van der Waals surface area contributed by atoms with Gasteiger partial charge in [0, 0.05) is 38.9 Å². The molecule has 1 heterocycles. The van der Waals surface area contributed by atoms with Gasteiger partial charge in [0.05, 0.1) is 0 Å². The lowest BCUT2D eigenvalue weighted by Gasteiger charge is -2.30. The van der Waals surface area contributed by atoms with Crippen LogP contribution in [0.5, 0.6) is 0 Å². The maximum atomic E-state index is 5.76. The Morgan fingerprint density at radius 1 is 1.25 bits per heavy atom. The van der Waals surface area contributed by atoms with E-state index in [2.05, 4.69) is 65.3 Å². The Balaban J connectivity index is 2.01. The normalized spacial score (nSPS) is 12.1. The molecule has 0 fully saturated rings. The van der Waals surface area contributed by atoms with Crippen LogP contribution in [0.3, 0.4) is 0 Å². The molecule has 0 unspecified atom stereocenters. The topological polar surface area (TPSA) is 29.3 Å². The number of hydrogen-bond acceptors (Lipinski definition) is 3. The molecular formula is C16H21BrN2S. The molecule has 0 radical (unpaired) electrons. The van der Waals surface area contributed by atoms with Gasteiger partial charge in [-0.3, -0.25) is 0 Å². The maximum absolute atomic E-state index is 5.76. The average molecular weight is 353 g/mol. The van der Waals surface area contributed by atoms with Gasteiger partial charge in [0.1, 0.15) is 0 Å². The summed E-state index contributed by atoms with van der Waals surface area (Å²) in [5.41, 5.74) is 8.02. The summed E-state index contributed by atoms with van der Waals surface area (Å²) >= 11 is 5.30. The number of hydrogen-bond donors (Lipinski definition) is 1. The van der Waals surface area contributed by atoms with E-state index in [4.69, 9.17) is 5.73 Å². The molecule has 2 aromatic rings. The van der Waals surface area contributed by atoms with Crippen molar-refractivity contribution in [1.82, 2.24) is 4.90 Å². The van der Waals surface area contributed by atoms with Gasteiger partial charge in [-0.15, -0.1) is 11.3 Å². The third-order valence-corrected chi connectivity index (χ3v) is 5.09. The summed E-state index contributed by atoms with van der Waals surface area (Å²) < 4.78 is 1.17. The van der Waals surface area contributed by atoms with E-state index in [1.807, 2.05) is 12.1 Å². The quantitative estimate of drug-likeness (QED) is 0.802. The Labute approximate surface area is 133 Å². The van der Waals surface area contributed by atoms with E-state index < -0.39 is 0 Å². The number of anilines is 1. The fraction of sp³-hybridized carbons (Fsp3) is 0.375. The molecule has 4 heteroatoms. The Kier molecular flexibility index (Phi) is 4.89. The summed E-state index contributed by atoms with van der Waals surface area (Å²) in [6.07, 6.45) is 0. The van der Waals surface area contributed by atoms with Crippen LogP contribution in [0.25, 0.3) is 0 Å². The van der Waals surface area contributed by atoms with E-state index >= 15 is 0 Å². The van der Waals surface area contributed by atoms with Gasteiger partial charge in [0.25, 0.3) is 0 Å². The fourth-order valence-corrected chi connectivity index (χ4v) is 3.99. The van der Waals surface area contributed by atoms with Crippen molar-refractivity contribution in [3.63, 3.8) is 0 Å². The molecule has 2 rings (SSSR count). The molecule has 0 amide bonds. The minimum atomic E-state index is 0.108. The van der Waals surface area contributed by atoms with E-state index in [1.54, 1.807) is 11.3 Å². The molecule has 1 aromatic heterocycles. The fourth-order valence-electron chi connectivity index (χ4n) is 2.46. The highest BCUT2D eigenvalue weighted by molar-refractivity contribution is 9.10. The average Bonchev–Trinajstić information content (AvgIpc) is 2.74. The van der Waals surface area contributed by atoms with Gasteiger partial charge in [-0.1, -0.05) is 26.0 Å². The number of nitrogen functional groups attached to an aromatic ring is 1. The monoisotopic (exact) mass is 352 g/mol. The van der Waals surface area contributed by atoms with Crippen LogP contribution in [0.15, 0.2) is 40.2 Å². The van der Waals surface area contributed by atoms with Gasteiger partial charge in [-0.05, 0) is 46.7 Å². The van der Waals surface area contributed by atoms with Crippen molar-refractivity contribution in [1.29, 1.82) is 0 Å². The zero-order valence-corrected chi connectivity index (χ0v) is 14.6. The van der Waals surface area contributed by atoms with Crippen molar-refractivity contribution in [2.24, 2.45) is 0 Å². The van der Waals surface area contributed by atoms with Gasteiger partial charge in [-0.2, -0.15) is 0 Å². The first-order valence-electron chi connectivity index (χ1n) is 6.64. The lowest BCUT2D eigenvalue weighted by molar-refractivity contribution is 0.263. The summed E-state index contributed by atoms with van der Waals surface area (Å²) in [6, 6.07) is 10.4. The number of rotatable bonds is 5. The molecule has 108 valence electrons. The number of nitrogens with two attached hydrogens (primary N) is 1. The SMILES string of the molecule is CN(Cc1cc(Br)cs1)CC(C)(C)c1ccc(N)cc1. The van der Waals surface area contributed by atoms with Gasteiger partial charge >= 0.3 is 0 Å². The van der Waals surface area contributed by atoms with Gasteiger partial charge in [-0.25, -0.2) is 0 Å². The van der Waals surface area contributed by atoms with Gasteiger partial charge in [0.15, 0.2) is 0 Å². The van der Waals surface area contributed by atoms with Crippen LogP contribution in [0.4, 0.5) is 5.69 Å². The third-order valence-electron chi connectivity index (χ3n) is 3.40. The lowest BCUT2D eigenvalue weighted by atomic mass is 9.84. The summed E-state index contributed by atoms with van der Waals surface area (Å²) in [7, 11) is 2.17. The molecule has 1 aromatic carbocycles. The van der Waals surface area contributed by atoms with Crippen molar-refractivity contribution in [2.75, 3.05) is 19.3 Å². The van der Waals surface area contributed by atoms with Crippen molar-refractivity contribution in [3.05, 3.63) is 50.6 Å². The first-order valence-corrected chi connectivity index (χ1v) is 8.31. The van der Waals surface area contributed by atoms with E-state index in [0.29, 0.717) is 0 Å². The van der Waals surface area contributed by atoms with Crippen LogP contribution >= 0.6 is 27.3 Å². The van der Waals surface area contributed by atoms with Crippen LogP contribution < -0.4 is 5.73 Å². The zero-order valence-electron chi connectivity index (χ0n) is 12.2. The van der Waals surface area contributed by atoms with E-state index in [-0.39, 0.29) is 5.41 Å². The highest BCUT2D eigenvalue weighted by atomic mass is 79.9. The molecule has 0 aliphatic carbocycles. The summed E-state index contributed by atoms with van der Waals surface area (Å²) in [5, 5.41) is 2.13. The minimum Gasteiger partial charge on any atom is -0.399 e. The Hall–Kier alpha value is -0.840. The number of likely N-dealkylation sites (N-methyl/N-ethyl adjacent to an activating group) is 1. The smallest absolute Gasteiger partial charge is 0.0325 e. The molecule has 0 bridgehead atoms. The molecular weight excluding hydrogens is 332 g/mol. The molecule has 20 heavy (non-hydrogen) atoms. The second-order valence-corrected chi connectivity index (χ2v) is 7.82. The number of benzene rings is 1. The van der Waals surface area contributed by atoms with Crippen LogP contribution in [-0.2, 0) is 12.0 Å². The zero-order chi connectivity index (χ0) is 14.8. The molecule has 0 atom stereocenters. The van der Waals surface area contributed by atoms with Crippen LogP contribution in [0.1, 0.15) is 24.3 Å². The number of nitrogens with zero attached hydrogens (tertiary/aromatic N) is 1. The number of halogens is 1. The largest absolute Gasteiger partial charge is 0.399 e. The Bertz CT molecular complexity index is 560. The highest BCUT2D eigenvalue weighted by Crippen LogP contribution is 2.26. The van der Waals surface area contributed by atoms with Crippen LogP contribution in [0.2, 0.25) is 0 Å². The van der Waals surface area contributed by atoms with E-state index in [0.717, 1.165) is 18.8 Å². The summed E-state index contributed by atoms with van der Waals surface area (Å²) in [4.78, 5) is 3.75. The van der Waals surface area contributed by atoms with Gasteiger partial charge in [0.2, 0.25) is 0 Å². The van der Waals surface area contributed by atoms with E-state index in [1.165, 1.54) is 14.9 Å². The highest BCUT2D eigenvalue weighted by Gasteiger charge is 2.22.